The Labute approximate surface area is 109 Å². The molecule has 3 rings (SSSR count). The Morgan fingerprint density at radius 2 is 2.24 bits per heavy atom. The van der Waals surface area contributed by atoms with Gasteiger partial charge in [-0.05, 0) is 42.5 Å². The number of halogens is 1. The van der Waals surface area contributed by atoms with Gasteiger partial charge in [0.05, 0.1) is 9.88 Å². The number of rotatable bonds is 0. The lowest BCUT2D eigenvalue weighted by atomic mass is 9.91. The normalized spacial score (nSPS) is 18.3. The van der Waals surface area contributed by atoms with E-state index in [-0.39, 0.29) is 5.82 Å². The molecule has 0 unspecified atom stereocenters. The Morgan fingerprint density at radius 3 is 3.12 bits per heavy atom. The summed E-state index contributed by atoms with van der Waals surface area (Å²) in [6.07, 6.45) is 5.90. The summed E-state index contributed by atoms with van der Waals surface area (Å²) in [7, 11) is 0. The fourth-order valence-electron chi connectivity index (χ4n) is 2.19. The molecule has 1 nitrogen and oxygen atoms in total. The second-order valence-corrected chi connectivity index (χ2v) is 5.47. The minimum absolute atomic E-state index is 0.178. The van der Waals surface area contributed by atoms with E-state index in [4.69, 9.17) is 12.2 Å². The summed E-state index contributed by atoms with van der Waals surface area (Å²) in [5.74, 6) is -0.178. The molecule has 86 valence electrons. The van der Waals surface area contributed by atoms with Crippen LogP contribution in [0.4, 0.5) is 10.1 Å². The monoisotopic (exact) mass is 263 g/mol. The van der Waals surface area contributed by atoms with E-state index in [2.05, 4.69) is 10.8 Å². The second kappa shape index (κ2) is 4.27. The zero-order valence-corrected chi connectivity index (χ0v) is 10.6. The first-order valence-electron chi connectivity index (χ1n) is 5.43. The van der Waals surface area contributed by atoms with Crippen LogP contribution in [0.1, 0.15) is 18.4 Å². The first-order valence-corrected chi connectivity index (χ1v) is 6.65. The molecule has 0 aromatic heterocycles. The molecule has 1 aromatic rings. The van der Waals surface area contributed by atoms with Crippen LogP contribution in [-0.2, 0) is 0 Å². The Bertz CT molecular complexity index is 561. The third-order valence-corrected chi connectivity index (χ3v) is 4.16. The van der Waals surface area contributed by atoms with Gasteiger partial charge in [-0.2, -0.15) is 0 Å². The maximum Gasteiger partial charge on any atom is 0.132 e. The van der Waals surface area contributed by atoms with Crippen LogP contribution in [0.2, 0.25) is 0 Å². The first kappa shape index (κ1) is 11.0. The molecular formula is C13H10FNS2. The summed E-state index contributed by atoms with van der Waals surface area (Å²) in [6, 6.07) is 5.11. The highest BCUT2D eigenvalue weighted by molar-refractivity contribution is 8.24. The summed E-state index contributed by atoms with van der Waals surface area (Å²) in [4.78, 5) is 0. The van der Waals surface area contributed by atoms with Crippen LogP contribution >= 0.6 is 24.2 Å². The summed E-state index contributed by atoms with van der Waals surface area (Å²) in [5.41, 5.74) is 3.52. The molecule has 1 aromatic carbocycles. The van der Waals surface area contributed by atoms with Crippen LogP contribution in [0, 0.1) is 5.82 Å². The van der Waals surface area contributed by atoms with Crippen LogP contribution in [0.15, 0.2) is 35.9 Å². The molecule has 0 atom stereocenters. The van der Waals surface area contributed by atoms with Crippen LogP contribution in [-0.4, -0.2) is 4.20 Å². The molecule has 0 radical (unpaired) electrons. The van der Waals surface area contributed by atoms with Crippen LogP contribution in [0.5, 0.6) is 0 Å². The molecular weight excluding hydrogens is 253 g/mol. The molecule has 17 heavy (non-hydrogen) atoms. The summed E-state index contributed by atoms with van der Waals surface area (Å²) in [5, 5.41) is 0. The number of hydrogen-bond donors (Lipinski definition) is 1. The zero-order valence-electron chi connectivity index (χ0n) is 9.00. The zero-order chi connectivity index (χ0) is 11.8. The van der Waals surface area contributed by atoms with Crippen molar-refractivity contribution in [1.29, 1.82) is 0 Å². The van der Waals surface area contributed by atoms with Gasteiger partial charge in [-0.15, -0.1) is 0 Å². The molecule has 0 spiro atoms. The van der Waals surface area contributed by atoms with Gasteiger partial charge in [-0.3, -0.25) is 0 Å². The van der Waals surface area contributed by atoms with E-state index in [0.717, 1.165) is 33.9 Å². The lowest BCUT2D eigenvalue weighted by Gasteiger charge is -2.15. The topological polar surface area (TPSA) is 12.0 Å². The van der Waals surface area contributed by atoms with Gasteiger partial charge >= 0.3 is 0 Å². The lowest BCUT2D eigenvalue weighted by Crippen LogP contribution is -2.00. The van der Waals surface area contributed by atoms with Crippen molar-refractivity contribution in [3.8, 4) is 0 Å². The maximum atomic E-state index is 14.0. The lowest BCUT2D eigenvalue weighted by molar-refractivity contribution is 0.623. The van der Waals surface area contributed by atoms with Crippen molar-refractivity contribution < 1.29 is 4.39 Å². The number of thiocarbonyl (C=S) groups is 1. The average molecular weight is 263 g/mol. The summed E-state index contributed by atoms with van der Waals surface area (Å²) >= 11 is 6.73. The van der Waals surface area contributed by atoms with Crippen molar-refractivity contribution in [1.82, 2.24) is 0 Å². The Morgan fingerprint density at radius 1 is 1.35 bits per heavy atom. The van der Waals surface area contributed by atoms with E-state index < -0.39 is 0 Å². The van der Waals surface area contributed by atoms with E-state index in [1.165, 1.54) is 18.0 Å². The molecule has 1 aliphatic carbocycles. The van der Waals surface area contributed by atoms with Crippen molar-refractivity contribution >= 4 is 39.6 Å². The number of anilines is 1. The Hall–Kier alpha value is -1.13. The van der Waals surface area contributed by atoms with Crippen LogP contribution in [0.25, 0.3) is 5.57 Å². The van der Waals surface area contributed by atoms with Crippen LogP contribution < -0.4 is 4.72 Å². The van der Waals surface area contributed by atoms with Crippen molar-refractivity contribution in [2.45, 2.75) is 12.8 Å². The van der Waals surface area contributed by atoms with Crippen molar-refractivity contribution in [3.63, 3.8) is 0 Å². The summed E-state index contributed by atoms with van der Waals surface area (Å²) in [6.45, 7) is 0. The predicted octanol–water partition coefficient (Wildman–Crippen LogP) is 4.33. The van der Waals surface area contributed by atoms with Gasteiger partial charge in [0, 0.05) is 11.1 Å². The van der Waals surface area contributed by atoms with E-state index in [9.17, 15) is 4.39 Å². The number of allylic oxidation sites excluding steroid dienone is 3. The number of fused-ring (bicyclic) bond motifs is 2. The summed E-state index contributed by atoms with van der Waals surface area (Å²) < 4.78 is 17.9. The highest BCUT2D eigenvalue weighted by Gasteiger charge is 2.23. The number of hydrogen-bond acceptors (Lipinski definition) is 3. The van der Waals surface area contributed by atoms with Crippen molar-refractivity contribution in [2.75, 3.05) is 4.72 Å². The molecule has 0 amide bonds. The SMILES string of the molecule is Fc1cccc2c1C1=C(C=CCC1)C(=S)SN2. The van der Waals surface area contributed by atoms with E-state index in [1.54, 1.807) is 6.07 Å². The van der Waals surface area contributed by atoms with E-state index in [0.29, 0.717) is 5.56 Å². The van der Waals surface area contributed by atoms with Gasteiger partial charge in [0.1, 0.15) is 5.82 Å². The molecule has 0 bridgehead atoms. The quantitative estimate of drug-likeness (QED) is 0.552. The number of nitrogens with one attached hydrogen (secondary N) is 1. The molecule has 0 saturated heterocycles. The van der Waals surface area contributed by atoms with Crippen molar-refractivity contribution in [3.05, 3.63) is 47.3 Å². The molecule has 4 heteroatoms. The average Bonchev–Trinajstić information content (AvgIpc) is 2.49. The minimum atomic E-state index is -0.178. The van der Waals surface area contributed by atoms with Crippen LogP contribution in [0.3, 0.4) is 0 Å². The molecule has 1 aliphatic heterocycles. The van der Waals surface area contributed by atoms with Gasteiger partial charge < -0.3 is 4.72 Å². The standard InChI is InChI=1S/C13H10FNS2/c14-10-6-3-7-11-12(10)8-4-1-2-5-9(8)13(16)17-15-11/h2-3,5-7,15H,1,4H2. The third-order valence-electron chi connectivity index (χ3n) is 2.96. The first-order chi connectivity index (χ1) is 8.27. The van der Waals surface area contributed by atoms with E-state index >= 15 is 0 Å². The fraction of sp³-hybridized carbons (Fsp3) is 0.154. The molecule has 1 N–H and O–H groups in total. The molecule has 0 saturated carbocycles. The molecule has 2 aliphatic rings. The molecule has 1 heterocycles. The fourth-order valence-corrected chi connectivity index (χ4v) is 3.18. The Kier molecular flexibility index (Phi) is 2.76. The van der Waals surface area contributed by atoms with Gasteiger partial charge in [0.15, 0.2) is 0 Å². The van der Waals surface area contributed by atoms with Gasteiger partial charge in [-0.1, -0.05) is 30.4 Å². The largest absolute Gasteiger partial charge is 0.324 e. The number of benzene rings is 1. The minimum Gasteiger partial charge on any atom is -0.324 e. The van der Waals surface area contributed by atoms with Gasteiger partial charge in [0.25, 0.3) is 0 Å². The maximum absolute atomic E-state index is 14.0. The highest BCUT2D eigenvalue weighted by Crippen LogP contribution is 2.40. The predicted molar refractivity (Wildman–Crippen MR) is 75.5 cm³/mol. The van der Waals surface area contributed by atoms with E-state index in [1.807, 2.05) is 12.1 Å². The molecule has 0 fully saturated rings. The van der Waals surface area contributed by atoms with Crippen molar-refractivity contribution in [2.24, 2.45) is 0 Å². The highest BCUT2D eigenvalue weighted by atomic mass is 32.2. The second-order valence-electron chi connectivity index (χ2n) is 3.99. The third kappa shape index (κ3) is 1.81. The Balaban J connectivity index is 2.29. The van der Waals surface area contributed by atoms with Gasteiger partial charge in [0.2, 0.25) is 0 Å². The van der Waals surface area contributed by atoms with Gasteiger partial charge in [-0.25, -0.2) is 4.39 Å². The smallest absolute Gasteiger partial charge is 0.132 e.